The van der Waals surface area contributed by atoms with Gasteiger partial charge in [0.1, 0.15) is 0 Å². The second kappa shape index (κ2) is 3.32. The normalized spacial score (nSPS) is 11.6. The lowest BCUT2D eigenvalue weighted by atomic mass is 10.2. The van der Waals surface area contributed by atoms with Gasteiger partial charge in [-0.3, -0.25) is 14.6 Å². The molecule has 0 radical (unpaired) electrons. The van der Waals surface area contributed by atoms with Crippen molar-refractivity contribution in [3.05, 3.63) is 51.2 Å². The first-order valence-corrected chi connectivity index (χ1v) is 5.66. The number of nitrogens with zero attached hydrogens (tertiary/aromatic N) is 1. The minimum absolute atomic E-state index is 0.268. The largest absolute Gasteiger partial charge is 0.450 e. The summed E-state index contributed by atoms with van der Waals surface area (Å²) in [7, 11) is 0. The fourth-order valence-electron chi connectivity index (χ4n) is 2.24. The number of H-pyrrole nitrogens is 2. The van der Waals surface area contributed by atoms with Gasteiger partial charge in [0.05, 0.1) is 16.3 Å². The molecule has 0 bridgehead atoms. The van der Waals surface area contributed by atoms with Crippen LogP contribution in [0.15, 0.2) is 44.5 Å². The molecular formula is C13H7N3O3. The average Bonchev–Trinajstić information content (AvgIpc) is 2.72. The van der Waals surface area contributed by atoms with E-state index in [4.69, 9.17) is 4.42 Å². The third-order valence-corrected chi connectivity index (χ3v) is 3.09. The Kier molecular flexibility index (Phi) is 1.76. The maximum Gasteiger partial charge on any atom is 0.262 e. The Morgan fingerprint density at radius 2 is 1.95 bits per heavy atom. The fourth-order valence-corrected chi connectivity index (χ4v) is 2.24. The zero-order chi connectivity index (χ0) is 13.0. The lowest BCUT2D eigenvalue weighted by molar-refractivity contribution is 0.658. The molecule has 0 aliphatic carbocycles. The summed E-state index contributed by atoms with van der Waals surface area (Å²) >= 11 is 0. The summed E-state index contributed by atoms with van der Waals surface area (Å²) in [6, 6.07) is 6.77. The van der Waals surface area contributed by atoms with Gasteiger partial charge in [0.2, 0.25) is 0 Å². The molecule has 6 heteroatoms. The lowest BCUT2D eigenvalue weighted by Gasteiger charge is -2.02. The van der Waals surface area contributed by atoms with Crippen molar-refractivity contribution in [3.8, 4) is 0 Å². The zero-order valence-corrected chi connectivity index (χ0v) is 9.56. The first-order valence-electron chi connectivity index (χ1n) is 5.66. The highest BCUT2D eigenvalue weighted by atomic mass is 16.3. The molecule has 0 aliphatic heterocycles. The zero-order valence-electron chi connectivity index (χ0n) is 9.56. The van der Waals surface area contributed by atoms with E-state index in [0.29, 0.717) is 27.7 Å². The van der Waals surface area contributed by atoms with Crippen molar-refractivity contribution in [1.29, 1.82) is 0 Å². The molecular weight excluding hydrogens is 246 g/mol. The molecule has 4 rings (SSSR count). The van der Waals surface area contributed by atoms with E-state index in [-0.39, 0.29) is 5.39 Å². The SMILES string of the molecule is O=c1[nH]c(=O)c2c1ccc1[nH]c3ncccc3oc12. The number of nitrogens with one attached hydrogen (secondary N) is 2. The molecule has 6 nitrogen and oxygen atoms in total. The van der Waals surface area contributed by atoms with Crippen molar-refractivity contribution in [3.63, 3.8) is 0 Å². The molecule has 0 fully saturated rings. The third kappa shape index (κ3) is 1.28. The van der Waals surface area contributed by atoms with Gasteiger partial charge in [-0.05, 0) is 24.3 Å². The van der Waals surface area contributed by atoms with Crippen molar-refractivity contribution in [2.45, 2.75) is 0 Å². The highest BCUT2D eigenvalue weighted by Crippen LogP contribution is 2.22. The Balaban J connectivity index is 2.36. The predicted molar refractivity (Wildman–Crippen MR) is 70.3 cm³/mol. The van der Waals surface area contributed by atoms with Crippen LogP contribution in [0.3, 0.4) is 0 Å². The van der Waals surface area contributed by atoms with Gasteiger partial charge < -0.3 is 9.40 Å². The van der Waals surface area contributed by atoms with E-state index in [0.717, 1.165) is 0 Å². The number of hydrogen-bond acceptors (Lipinski definition) is 4. The Bertz CT molecular complexity index is 1060. The Labute approximate surface area is 104 Å². The van der Waals surface area contributed by atoms with E-state index >= 15 is 0 Å². The molecule has 92 valence electrons. The summed E-state index contributed by atoms with van der Waals surface area (Å²) in [6.07, 6.45) is 1.64. The van der Waals surface area contributed by atoms with Crippen molar-refractivity contribution >= 4 is 33.1 Å². The van der Waals surface area contributed by atoms with E-state index in [1.165, 1.54) is 0 Å². The standard InChI is InChI=1S/C13H7N3O3/c17-12-6-3-4-7-10(9(6)13(18)16-12)19-8-2-1-5-14-11(8)15-7/h1-5H,(H,14,15)(H,16,17,18). The van der Waals surface area contributed by atoms with Crippen LogP contribution in [0.25, 0.3) is 33.1 Å². The molecule has 0 spiro atoms. The van der Waals surface area contributed by atoms with Crippen LogP contribution in [0.1, 0.15) is 0 Å². The first-order chi connectivity index (χ1) is 9.24. The smallest absolute Gasteiger partial charge is 0.262 e. The van der Waals surface area contributed by atoms with Crippen LogP contribution in [-0.4, -0.2) is 15.0 Å². The molecule has 0 atom stereocenters. The minimum atomic E-state index is -0.439. The first kappa shape index (κ1) is 10.1. The minimum Gasteiger partial charge on any atom is -0.450 e. The topological polar surface area (TPSA) is 91.8 Å². The van der Waals surface area contributed by atoms with Crippen molar-refractivity contribution in [1.82, 2.24) is 15.0 Å². The van der Waals surface area contributed by atoms with Crippen LogP contribution in [-0.2, 0) is 0 Å². The molecule has 4 aromatic rings. The number of pyridine rings is 1. The third-order valence-electron chi connectivity index (χ3n) is 3.09. The van der Waals surface area contributed by atoms with Gasteiger partial charge in [-0.25, -0.2) is 4.98 Å². The molecule has 1 aromatic carbocycles. The van der Waals surface area contributed by atoms with Gasteiger partial charge in [0, 0.05) is 6.20 Å². The van der Waals surface area contributed by atoms with Crippen molar-refractivity contribution in [2.24, 2.45) is 0 Å². The number of benzene rings is 1. The maximum absolute atomic E-state index is 11.8. The van der Waals surface area contributed by atoms with E-state index in [2.05, 4.69) is 15.0 Å². The number of aromatic nitrogens is 3. The molecule has 2 N–H and O–H groups in total. The predicted octanol–water partition coefficient (Wildman–Crippen LogP) is 1.51. The maximum atomic E-state index is 11.8. The Hall–Kier alpha value is -2.89. The van der Waals surface area contributed by atoms with Crippen LogP contribution in [0.4, 0.5) is 0 Å². The number of aromatic amines is 2. The van der Waals surface area contributed by atoms with E-state index < -0.39 is 11.1 Å². The molecule has 3 aromatic heterocycles. The van der Waals surface area contributed by atoms with Gasteiger partial charge in [-0.2, -0.15) is 0 Å². The molecule has 0 saturated carbocycles. The summed E-state index contributed by atoms with van der Waals surface area (Å²) in [6.45, 7) is 0. The van der Waals surface area contributed by atoms with E-state index in [1.807, 2.05) is 0 Å². The summed E-state index contributed by atoms with van der Waals surface area (Å²) < 4.78 is 5.70. The van der Waals surface area contributed by atoms with Crippen LogP contribution >= 0.6 is 0 Å². The van der Waals surface area contributed by atoms with Crippen LogP contribution in [0, 0.1) is 0 Å². The van der Waals surface area contributed by atoms with Gasteiger partial charge >= 0.3 is 0 Å². The van der Waals surface area contributed by atoms with Crippen molar-refractivity contribution in [2.75, 3.05) is 0 Å². The quantitative estimate of drug-likeness (QED) is 0.465. The van der Waals surface area contributed by atoms with Gasteiger partial charge in [0.25, 0.3) is 11.1 Å². The number of hydrogen-bond donors (Lipinski definition) is 2. The Morgan fingerprint density at radius 1 is 1.05 bits per heavy atom. The van der Waals surface area contributed by atoms with Crippen molar-refractivity contribution < 1.29 is 4.42 Å². The van der Waals surface area contributed by atoms with E-state index in [9.17, 15) is 9.59 Å². The summed E-state index contributed by atoms with van der Waals surface area (Å²) in [4.78, 5) is 32.9. The highest BCUT2D eigenvalue weighted by molar-refractivity contribution is 6.03. The lowest BCUT2D eigenvalue weighted by Crippen LogP contribution is -2.05. The van der Waals surface area contributed by atoms with Gasteiger partial charge in [0.15, 0.2) is 16.8 Å². The molecule has 0 aliphatic rings. The average molecular weight is 253 g/mol. The monoisotopic (exact) mass is 253 g/mol. The summed E-state index contributed by atoms with van der Waals surface area (Å²) in [5.74, 6) is 0. The highest BCUT2D eigenvalue weighted by Gasteiger charge is 2.13. The number of rotatable bonds is 0. The summed E-state index contributed by atoms with van der Waals surface area (Å²) in [5, 5.41) is 0.599. The van der Waals surface area contributed by atoms with Gasteiger partial charge in [-0.1, -0.05) is 0 Å². The Morgan fingerprint density at radius 3 is 2.84 bits per heavy atom. The molecule has 0 amide bonds. The molecule has 19 heavy (non-hydrogen) atoms. The molecule has 0 unspecified atom stereocenters. The molecule has 3 heterocycles. The fraction of sp³-hybridized carbons (Fsp3) is 0. The van der Waals surface area contributed by atoms with Gasteiger partial charge in [-0.15, -0.1) is 0 Å². The molecule has 0 saturated heterocycles. The second-order valence-electron chi connectivity index (χ2n) is 4.23. The van der Waals surface area contributed by atoms with Crippen LogP contribution < -0.4 is 11.1 Å². The second-order valence-corrected chi connectivity index (χ2v) is 4.23. The number of fused-ring (bicyclic) bond motifs is 4. The summed E-state index contributed by atoms with van der Waals surface area (Å²) in [5.41, 5.74) is 1.25. The van der Waals surface area contributed by atoms with Crippen LogP contribution in [0.2, 0.25) is 0 Å². The van der Waals surface area contributed by atoms with Crippen LogP contribution in [0.5, 0.6) is 0 Å². The van der Waals surface area contributed by atoms with E-state index in [1.54, 1.807) is 30.5 Å².